The van der Waals surface area contributed by atoms with E-state index in [1.54, 1.807) is 44.5 Å². The highest BCUT2D eigenvalue weighted by molar-refractivity contribution is 7.00. The lowest BCUT2D eigenvalue weighted by molar-refractivity contribution is -0.00559. The topological polar surface area (TPSA) is 6.48 Å². The maximum Gasteiger partial charge on any atom is 0.252 e. The van der Waals surface area contributed by atoms with Crippen LogP contribution in [0.15, 0.2) is 72.8 Å². The van der Waals surface area contributed by atoms with Gasteiger partial charge in [-0.25, -0.2) is 0 Å². The minimum absolute atomic E-state index is 0.282. The van der Waals surface area contributed by atoms with Crippen LogP contribution in [0.4, 0.5) is 28.4 Å². The molecule has 0 amide bonds. The summed E-state index contributed by atoms with van der Waals surface area (Å²) in [6.07, 6.45) is 30.5. The first kappa shape index (κ1) is 35.0. The summed E-state index contributed by atoms with van der Waals surface area (Å²) in [4.78, 5) is 5.81. The molecule has 12 saturated carbocycles. The molecule has 0 N–H and O–H groups in total. The van der Waals surface area contributed by atoms with Crippen molar-refractivity contribution in [3.8, 4) is 0 Å². The molecule has 61 heavy (non-hydrogen) atoms. The van der Waals surface area contributed by atoms with Gasteiger partial charge in [0.05, 0.1) is 0 Å². The second-order valence-electron chi connectivity index (χ2n) is 25.0. The standard InChI is InChI=1S/C58H65BN2/c1-2-6-46(7-3-1)61-51-23-44(56-26-35-14-36(27-56)16-37(15-35)28-56)9-11-49(51)59-50-12-10-48(58-32-41-20-42(33-58)22-43(21-41)34-58)47-8-4-5-13-60(55(47)50)52-24-45(25-53(61)54(52)59)57-29-38-17-39(30-57)19-40(18-38)31-57/h1-3,6-7,9-12,23-25,35-43H,4-5,8,13-22,26-34H2. The molecule has 12 bridgehead atoms. The fraction of sp³-hybridized carbons (Fsp3) is 0.586. The quantitative estimate of drug-likeness (QED) is 0.167. The van der Waals surface area contributed by atoms with Crippen LogP contribution in [-0.2, 0) is 22.7 Å². The molecule has 0 aromatic heterocycles. The van der Waals surface area contributed by atoms with Crippen molar-refractivity contribution in [2.45, 2.75) is 151 Å². The smallest absolute Gasteiger partial charge is 0.252 e. The Morgan fingerprint density at radius 2 is 0.967 bits per heavy atom. The van der Waals surface area contributed by atoms with Gasteiger partial charge in [-0.05, 0) is 273 Å². The second kappa shape index (κ2) is 12.0. The summed E-state index contributed by atoms with van der Waals surface area (Å²) in [6, 6.07) is 31.1. The van der Waals surface area contributed by atoms with Crippen LogP contribution in [0, 0.1) is 53.3 Å². The summed E-state index contributed by atoms with van der Waals surface area (Å²) in [6.45, 7) is 1.45. The van der Waals surface area contributed by atoms with Crippen molar-refractivity contribution < 1.29 is 0 Å². The van der Waals surface area contributed by atoms with Crippen molar-refractivity contribution in [1.29, 1.82) is 0 Å². The van der Waals surface area contributed by atoms with Crippen LogP contribution in [0.25, 0.3) is 0 Å². The number of hydrogen-bond donors (Lipinski definition) is 0. The summed E-state index contributed by atoms with van der Waals surface area (Å²) < 4.78 is 0. The molecule has 0 radical (unpaired) electrons. The largest absolute Gasteiger partial charge is 0.342 e. The SMILES string of the molecule is c1ccc(N2c3cc(C45CC6CC(CC(C6)C4)C5)ccc3B3c4ccc(C56CC7CC(CC(C7)C5)C6)c5c4N(CCCC5)c4cc(C56CC7CC(CC(C7)C5)C6)cc2c43)cc1. The van der Waals surface area contributed by atoms with E-state index in [1.165, 1.54) is 152 Å². The molecule has 310 valence electrons. The Bertz CT molecular complexity index is 2420. The first-order valence-corrected chi connectivity index (χ1v) is 26.1. The van der Waals surface area contributed by atoms with Crippen LogP contribution in [0.5, 0.6) is 0 Å². The summed E-state index contributed by atoms with van der Waals surface area (Å²) in [5.41, 5.74) is 20.6. The lowest BCUT2D eigenvalue weighted by atomic mass is 9.33. The van der Waals surface area contributed by atoms with E-state index in [9.17, 15) is 0 Å². The number of para-hydroxylation sites is 1. The highest BCUT2D eigenvalue weighted by Gasteiger charge is 2.57. The average molecular weight is 801 g/mol. The zero-order chi connectivity index (χ0) is 39.4. The number of hydrogen-bond acceptors (Lipinski definition) is 2. The van der Waals surface area contributed by atoms with Gasteiger partial charge in [0.15, 0.2) is 0 Å². The van der Waals surface area contributed by atoms with Crippen molar-refractivity contribution in [2.24, 2.45) is 53.3 Å². The summed E-state index contributed by atoms with van der Waals surface area (Å²) >= 11 is 0. The van der Waals surface area contributed by atoms with Gasteiger partial charge in [-0.2, -0.15) is 0 Å². The first-order valence-electron chi connectivity index (χ1n) is 26.1. The van der Waals surface area contributed by atoms with E-state index in [1.807, 2.05) is 5.56 Å². The van der Waals surface area contributed by atoms with Crippen LogP contribution in [-0.4, -0.2) is 13.3 Å². The molecular formula is C58H65BN2. The molecule has 4 aromatic carbocycles. The van der Waals surface area contributed by atoms with Crippen molar-refractivity contribution in [1.82, 2.24) is 0 Å². The molecule has 2 nitrogen and oxygen atoms in total. The lowest BCUT2D eigenvalue weighted by Crippen LogP contribution is -2.62. The van der Waals surface area contributed by atoms with E-state index in [0.29, 0.717) is 16.2 Å². The molecule has 12 fully saturated rings. The maximum absolute atomic E-state index is 2.99. The molecule has 15 aliphatic rings. The Morgan fingerprint density at radius 1 is 0.459 bits per heavy atom. The maximum atomic E-state index is 2.99. The first-order chi connectivity index (χ1) is 30.0. The zero-order valence-corrected chi connectivity index (χ0v) is 36.7. The summed E-state index contributed by atoms with van der Waals surface area (Å²) in [7, 11) is 0. The highest BCUT2D eigenvalue weighted by atomic mass is 15.2. The van der Waals surface area contributed by atoms with E-state index in [2.05, 4.69) is 82.6 Å². The van der Waals surface area contributed by atoms with Crippen molar-refractivity contribution in [3.05, 3.63) is 95.1 Å². The number of nitrogens with zero attached hydrogens (tertiary/aromatic N) is 2. The van der Waals surface area contributed by atoms with Gasteiger partial charge in [-0.3, -0.25) is 0 Å². The molecule has 3 aliphatic heterocycles. The monoisotopic (exact) mass is 801 g/mol. The van der Waals surface area contributed by atoms with Crippen molar-refractivity contribution >= 4 is 51.5 Å². The van der Waals surface area contributed by atoms with Gasteiger partial charge in [0.1, 0.15) is 0 Å². The molecule has 0 spiro atoms. The zero-order valence-electron chi connectivity index (χ0n) is 36.7. The minimum Gasteiger partial charge on any atom is -0.342 e. The molecular weight excluding hydrogens is 735 g/mol. The summed E-state index contributed by atoms with van der Waals surface area (Å²) in [5.74, 6) is 8.58. The Balaban J connectivity index is 0.954. The third kappa shape index (κ3) is 4.73. The van der Waals surface area contributed by atoms with Crippen LogP contribution < -0.4 is 26.2 Å². The predicted molar refractivity (Wildman–Crippen MR) is 252 cm³/mol. The van der Waals surface area contributed by atoms with Gasteiger partial charge in [-0.1, -0.05) is 42.5 Å². The van der Waals surface area contributed by atoms with Crippen molar-refractivity contribution in [3.63, 3.8) is 0 Å². The molecule has 0 saturated heterocycles. The molecule has 3 heterocycles. The van der Waals surface area contributed by atoms with E-state index in [-0.39, 0.29) is 6.71 Å². The minimum atomic E-state index is 0.282. The van der Waals surface area contributed by atoms with Crippen molar-refractivity contribution in [2.75, 3.05) is 16.3 Å². The van der Waals surface area contributed by atoms with Gasteiger partial charge in [0.2, 0.25) is 0 Å². The Morgan fingerprint density at radius 3 is 1.56 bits per heavy atom. The molecule has 12 aliphatic carbocycles. The van der Waals surface area contributed by atoms with Crippen LogP contribution in [0.2, 0.25) is 0 Å². The van der Waals surface area contributed by atoms with Gasteiger partial charge >= 0.3 is 0 Å². The summed E-state index contributed by atoms with van der Waals surface area (Å²) in [5, 5.41) is 0. The van der Waals surface area contributed by atoms with E-state index >= 15 is 0 Å². The highest BCUT2D eigenvalue weighted by Crippen LogP contribution is 2.65. The van der Waals surface area contributed by atoms with E-state index in [4.69, 9.17) is 0 Å². The fourth-order valence-corrected chi connectivity index (χ4v) is 20.7. The molecule has 3 heteroatoms. The number of anilines is 5. The van der Waals surface area contributed by atoms with Crippen LogP contribution in [0.3, 0.4) is 0 Å². The van der Waals surface area contributed by atoms with Gasteiger partial charge < -0.3 is 9.80 Å². The Labute approximate surface area is 365 Å². The van der Waals surface area contributed by atoms with Crippen LogP contribution >= 0.6 is 0 Å². The molecule has 4 aromatic rings. The van der Waals surface area contributed by atoms with Crippen LogP contribution in [0.1, 0.15) is 151 Å². The van der Waals surface area contributed by atoms with Gasteiger partial charge in [-0.15, -0.1) is 0 Å². The van der Waals surface area contributed by atoms with E-state index in [0.717, 1.165) is 59.8 Å². The number of fused-ring (bicyclic) bond motifs is 4. The Hall–Kier alpha value is -3.46. The predicted octanol–water partition coefficient (Wildman–Crippen LogP) is 12.2. The average Bonchev–Trinajstić information content (AvgIpc) is 3.47. The van der Waals surface area contributed by atoms with Gasteiger partial charge in [0, 0.05) is 35.0 Å². The lowest BCUT2D eigenvalue weighted by Gasteiger charge is -2.58. The Kier molecular flexibility index (Phi) is 6.88. The third-order valence-corrected chi connectivity index (χ3v) is 21.4. The number of rotatable bonds is 4. The molecule has 0 atom stereocenters. The van der Waals surface area contributed by atoms with E-state index < -0.39 is 0 Å². The molecule has 19 rings (SSSR count). The molecule has 0 unspecified atom stereocenters. The van der Waals surface area contributed by atoms with Gasteiger partial charge in [0.25, 0.3) is 6.71 Å². The second-order valence-corrected chi connectivity index (χ2v) is 25.0. The normalized spacial score (nSPS) is 40.9. The number of benzene rings is 4. The fourth-order valence-electron chi connectivity index (χ4n) is 20.7. The third-order valence-electron chi connectivity index (χ3n) is 21.4.